The second-order valence-corrected chi connectivity index (χ2v) is 8.38. The smallest absolute Gasteiger partial charge is 0.228 e. The number of benzene rings is 2. The van der Waals surface area contributed by atoms with Crippen LogP contribution in [0.15, 0.2) is 54.6 Å². The van der Waals surface area contributed by atoms with Gasteiger partial charge in [-0.2, -0.15) is 0 Å². The summed E-state index contributed by atoms with van der Waals surface area (Å²) in [5, 5.41) is 3.13. The Morgan fingerprint density at radius 2 is 1.76 bits per heavy atom. The Hall–Kier alpha value is -2.62. The lowest BCUT2D eigenvalue weighted by Gasteiger charge is -2.42. The zero-order valence-corrected chi connectivity index (χ0v) is 17.8. The summed E-state index contributed by atoms with van der Waals surface area (Å²) in [5.74, 6) is 0.187. The molecule has 154 valence electrons. The molecule has 1 aliphatic heterocycles. The van der Waals surface area contributed by atoms with Gasteiger partial charge in [-0.15, -0.1) is 0 Å². The summed E-state index contributed by atoms with van der Waals surface area (Å²) in [6.45, 7) is 7.09. The van der Waals surface area contributed by atoms with Crippen LogP contribution < -0.4 is 5.32 Å². The molecule has 4 nitrogen and oxygen atoms in total. The molecular weight excluding hydrogens is 360 g/mol. The lowest BCUT2D eigenvalue weighted by molar-refractivity contribution is -0.141. The first-order valence-corrected chi connectivity index (χ1v) is 10.7. The highest BCUT2D eigenvalue weighted by molar-refractivity contribution is 5.85. The fourth-order valence-electron chi connectivity index (χ4n) is 4.33. The van der Waals surface area contributed by atoms with Crippen molar-refractivity contribution in [2.24, 2.45) is 5.41 Å². The van der Waals surface area contributed by atoms with Gasteiger partial charge in [0.15, 0.2) is 0 Å². The van der Waals surface area contributed by atoms with Gasteiger partial charge in [0.25, 0.3) is 0 Å². The second-order valence-electron chi connectivity index (χ2n) is 8.38. The van der Waals surface area contributed by atoms with E-state index in [2.05, 4.69) is 29.6 Å². The summed E-state index contributed by atoms with van der Waals surface area (Å²) in [6, 6.07) is 18.7. The first-order chi connectivity index (χ1) is 13.9. The minimum atomic E-state index is -0.599. The van der Waals surface area contributed by atoms with Crippen molar-refractivity contribution in [3.8, 4) is 11.1 Å². The summed E-state index contributed by atoms with van der Waals surface area (Å²) in [5.41, 5.74) is 2.87. The van der Waals surface area contributed by atoms with Gasteiger partial charge in [-0.05, 0) is 49.8 Å². The number of nitrogens with one attached hydrogen (secondary N) is 1. The number of nitrogens with zero attached hydrogens (tertiary/aromatic N) is 1. The Bertz CT molecular complexity index is 847. The molecule has 1 N–H and O–H groups in total. The molecule has 29 heavy (non-hydrogen) atoms. The third-order valence-corrected chi connectivity index (χ3v) is 5.76. The van der Waals surface area contributed by atoms with Gasteiger partial charge in [-0.1, -0.05) is 61.5 Å². The number of piperidine rings is 1. The number of hydrogen-bond donors (Lipinski definition) is 1. The van der Waals surface area contributed by atoms with Gasteiger partial charge >= 0.3 is 0 Å². The van der Waals surface area contributed by atoms with Crippen LogP contribution in [0.3, 0.4) is 0 Å². The lowest BCUT2D eigenvalue weighted by Crippen LogP contribution is -2.55. The molecule has 4 heteroatoms. The van der Waals surface area contributed by atoms with E-state index in [0.29, 0.717) is 19.4 Å². The third kappa shape index (κ3) is 4.87. The molecule has 1 aliphatic rings. The standard InChI is InChI=1S/C25H32N2O2/c1-4-23(28)27-16-10-15-25(18-27,24(29)26-19(2)3)17-21-13-8-9-14-22(21)20-11-6-5-7-12-20/h5-9,11-14,19H,4,10,15-18H2,1-3H3,(H,26,29)/t25-/m0/s1. The van der Waals surface area contributed by atoms with E-state index in [1.807, 2.05) is 56.0 Å². The van der Waals surface area contributed by atoms with E-state index in [0.717, 1.165) is 36.1 Å². The Balaban J connectivity index is 1.98. The van der Waals surface area contributed by atoms with E-state index >= 15 is 0 Å². The molecule has 0 spiro atoms. The Labute approximate surface area is 174 Å². The van der Waals surface area contributed by atoms with E-state index in [9.17, 15) is 9.59 Å². The van der Waals surface area contributed by atoms with Crippen molar-refractivity contribution in [3.63, 3.8) is 0 Å². The zero-order chi connectivity index (χ0) is 20.9. The second kappa shape index (κ2) is 9.25. The molecule has 0 aliphatic carbocycles. The number of carbonyl (C=O) groups is 2. The van der Waals surface area contributed by atoms with Gasteiger partial charge in [0.05, 0.1) is 5.41 Å². The monoisotopic (exact) mass is 392 g/mol. The average molecular weight is 393 g/mol. The maximum absolute atomic E-state index is 13.4. The summed E-state index contributed by atoms with van der Waals surface area (Å²) < 4.78 is 0. The number of amides is 2. The van der Waals surface area contributed by atoms with Crippen LogP contribution >= 0.6 is 0 Å². The van der Waals surface area contributed by atoms with Crippen LogP contribution in [0.2, 0.25) is 0 Å². The van der Waals surface area contributed by atoms with Crippen LogP contribution in [0.5, 0.6) is 0 Å². The topological polar surface area (TPSA) is 49.4 Å². The van der Waals surface area contributed by atoms with Gasteiger partial charge in [-0.3, -0.25) is 9.59 Å². The molecule has 1 heterocycles. The number of likely N-dealkylation sites (tertiary alicyclic amines) is 1. The number of hydrogen-bond acceptors (Lipinski definition) is 2. The normalized spacial score (nSPS) is 19.2. The molecule has 0 radical (unpaired) electrons. The van der Waals surface area contributed by atoms with Crippen molar-refractivity contribution in [3.05, 3.63) is 60.2 Å². The fraction of sp³-hybridized carbons (Fsp3) is 0.440. The summed E-state index contributed by atoms with van der Waals surface area (Å²) in [7, 11) is 0. The molecule has 0 aromatic heterocycles. The van der Waals surface area contributed by atoms with Gasteiger partial charge in [0, 0.05) is 25.6 Å². The quantitative estimate of drug-likeness (QED) is 0.790. The fourth-order valence-corrected chi connectivity index (χ4v) is 4.33. The van der Waals surface area contributed by atoms with Crippen molar-refractivity contribution in [2.75, 3.05) is 13.1 Å². The molecule has 2 aromatic rings. The van der Waals surface area contributed by atoms with Crippen LogP contribution in [-0.4, -0.2) is 35.8 Å². The van der Waals surface area contributed by atoms with Crippen LogP contribution in [0.4, 0.5) is 0 Å². The Morgan fingerprint density at radius 3 is 2.45 bits per heavy atom. The highest BCUT2D eigenvalue weighted by atomic mass is 16.2. The maximum Gasteiger partial charge on any atom is 0.228 e. The van der Waals surface area contributed by atoms with Crippen LogP contribution in [0.1, 0.15) is 45.6 Å². The van der Waals surface area contributed by atoms with E-state index in [1.54, 1.807) is 0 Å². The molecular formula is C25H32N2O2. The molecule has 2 amide bonds. The Kier molecular flexibility index (Phi) is 6.73. The van der Waals surface area contributed by atoms with Crippen LogP contribution in [0, 0.1) is 5.41 Å². The highest BCUT2D eigenvalue weighted by Gasteiger charge is 2.43. The molecule has 0 unspecified atom stereocenters. The molecule has 1 saturated heterocycles. The lowest BCUT2D eigenvalue weighted by atomic mass is 9.73. The first-order valence-electron chi connectivity index (χ1n) is 10.7. The molecule has 0 bridgehead atoms. The number of carbonyl (C=O) groups excluding carboxylic acids is 2. The minimum absolute atomic E-state index is 0.0592. The molecule has 1 fully saturated rings. The Morgan fingerprint density at radius 1 is 1.07 bits per heavy atom. The summed E-state index contributed by atoms with van der Waals surface area (Å²) in [4.78, 5) is 27.7. The zero-order valence-electron chi connectivity index (χ0n) is 17.8. The van der Waals surface area contributed by atoms with Gasteiger partial charge in [-0.25, -0.2) is 0 Å². The van der Waals surface area contributed by atoms with Crippen molar-refractivity contribution in [1.29, 1.82) is 0 Å². The molecule has 1 atom stereocenters. The SMILES string of the molecule is CCC(=O)N1CCC[C@@](Cc2ccccc2-c2ccccc2)(C(=O)NC(C)C)C1. The molecule has 2 aromatic carbocycles. The van der Waals surface area contributed by atoms with Gasteiger partial charge in [0.1, 0.15) is 0 Å². The summed E-state index contributed by atoms with van der Waals surface area (Å²) in [6.07, 6.45) is 2.75. The van der Waals surface area contributed by atoms with E-state index in [4.69, 9.17) is 0 Å². The van der Waals surface area contributed by atoms with Crippen molar-refractivity contribution < 1.29 is 9.59 Å². The minimum Gasteiger partial charge on any atom is -0.353 e. The van der Waals surface area contributed by atoms with E-state index < -0.39 is 5.41 Å². The van der Waals surface area contributed by atoms with E-state index in [1.165, 1.54) is 0 Å². The summed E-state index contributed by atoms with van der Waals surface area (Å²) >= 11 is 0. The number of rotatable bonds is 6. The van der Waals surface area contributed by atoms with Crippen molar-refractivity contribution >= 4 is 11.8 Å². The average Bonchev–Trinajstić information content (AvgIpc) is 2.74. The van der Waals surface area contributed by atoms with Crippen molar-refractivity contribution in [2.45, 2.75) is 52.5 Å². The van der Waals surface area contributed by atoms with Crippen LogP contribution in [0.25, 0.3) is 11.1 Å². The maximum atomic E-state index is 13.4. The van der Waals surface area contributed by atoms with Gasteiger partial charge < -0.3 is 10.2 Å². The largest absolute Gasteiger partial charge is 0.353 e. The van der Waals surface area contributed by atoms with Crippen molar-refractivity contribution in [1.82, 2.24) is 10.2 Å². The molecule has 3 rings (SSSR count). The highest BCUT2D eigenvalue weighted by Crippen LogP contribution is 2.37. The predicted molar refractivity (Wildman–Crippen MR) is 117 cm³/mol. The first kappa shape index (κ1) is 21.1. The van der Waals surface area contributed by atoms with Crippen LogP contribution in [-0.2, 0) is 16.0 Å². The molecule has 0 saturated carbocycles. The van der Waals surface area contributed by atoms with E-state index in [-0.39, 0.29) is 17.9 Å². The predicted octanol–water partition coefficient (Wildman–Crippen LogP) is 4.44. The van der Waals surface area contributed by atoms with Gasteiger partial charge in [0.2, 0.25) is 11.8 Å². The third-order valence-electron chi connectivity index (χ3n) is 5.76.